The van der Waals surface area contributed by atoms with Gasteiger partial charge in [0.25, 0.3) is 0 Å². The van der Waals surface area contributed by atoms with Gasteiger partial charge >= 0.3 is 0 Å². The number of rotatable bonds is 6. The van der Waals surface area contributed by atoms with E-state index in [4.69, 9.17) is 9.47 Å². The van der Waals surface area contributed by atoms with E-state index in [-0.39, 0.29) is 22.3 Å². The number of anilines is 4. The van der Waals surface area contributed by atoms with E-state index in [2.05, 4.69) is 110 Å². The van der Waals surface area contributed by atoms with E-state index in [1.807, 2.05) is 60.7 Å². The largest absolute Gasteiger partial charge is 0.496 e. The van der Waals surface area contributed by atoms with Gasteiger partial charge in [0, 0.05) is 58.3 Å². The quantitative estimate of drug-likeness (QED) is 0.148. The van der Waals surface area contributed by atoms with Crippen molar-refractivity contribution in [2.45, 2.75) is 44.9 Å². The normalized spacial score (nSPS) is 17.8. The highest BCUT2D eigenvalue weighted by atomic mass is 16.5. The molecule has 0 fully saturated rings. The minimum atomic E-state index is -0.243. The molecule has 0 amide bonds. The fourth-order valence-corrected chi connectivity index (χ4v) is 7.58. The number of nitrogens with zero attached hydrogens (tertiary/aromatic N) is 4. The molecule has 262 valence electrons. The van der Waals surface area contributed by atoms with Crippen LogP contribution in [0, 0.1) is 40.4 Å². The maximum Gasteiger partial charge on any atom is 0.178 e. The van der Waals surface area contributed by atoms with E-state index in [0.29, 0.717) is 17.1 Å². The van der Waals surface area contributed by atoms with E-state index >= 15 is 0 Å². The van der Waals surface area contributed by atoms with Crippen molar-refractivity contribution in [1.82, 2.24) is 0 Å². The van der Waals surface area contributed by atoms with Crippen molar-refractivity contribution >= 4 is 28.8 Å². The molecule has 7 rings (SSSR count). The molecule has 0 saturated heterocycles. The van der Waals surface area contributed by atoms with Crippen molar-refractivity contribution in [3.63, 3.8) is 0 Å². The molecule has 4 aromatic carbocycles. The molecule has 1 atom stereocenters. The average Bonchev–Trinajstić information content (AvgIpc) is 3.17. The molecule has 4 aromatic rings. The predicted octanol–water partition coefficient (Wildman–Crippen LogP) is 10.4. The van der Waals surface area contributed by atoms with Crippen LogP contribution in [0.1, 0.15) is 50.8 Å². The monoisotopic (exact) mass is 694 g/mol. The Hall–Kier alpha value is -6.42. The van der Waals surface area contributed by atoms with Crippen LogP contribution in [-0.4, -0.2) is 20.2 Å². The van der Waals surface area contributed by atoms with Crippen LogP contribution < -0.4 is 14.5 Å². The summed E-state index contributed by atoms with van der Waals surface area (Å²) in [5, 5.41) is 19.5. The van der Waals surface area contributed by atoms with Gasteiger partial charge in [-0.2, -0.15) is 10.5 Å². The molecule has 6 heteroatoms. The first-order valence-corrected chi connectivity index (χ1v) is 18.0. The Morgan fingerprint density at radius 1 is 0.830 bits per heavy atom. The van der Waals surface area contributed by atoms with Crippen LogP contribution in [0.2, 0.25) is 0 Å². The van der Waals surface area contributed by atoms with Crippen LogP contribution in [0.25, 0.3) is 6.08 Å². The van der Waals surface area contributed by atoms with Crippen molar-refractivity contribution in [1.29, 1.82) is 10.5 Å². The number of methoxy groups -OCH3 is 1. The highest BCUT2D eigenvalue weighted by Crippen LogP contribution is 2.53. The predicted molar refractivity (Wildman–Crippen MR) is 213 cm³/mol. The van der Waals surface area contributed by atoms with E-state index in [1.165, 1.54) is 16.8 Å². The van der Waals surface area contributed by atoms with Crippen LogP contribution in [0.5, 0.6) is 5.75 Å². The molecule has 0 N–H and O–H groups in total. The first-order valence-electron chi connectivity index (χ1n) is 18.0. The van der Waals surface area contributed by atoms with Gasteiger partial charge in [0.2, 0.25) is 0 Å². The fourth-order valence-electron chi connectivity index (χ4n) is 7.58. The van der Waals surface area contributed by atoms with Crippen molar-refractivity contribution in [2.24, 2.45) is 5.92 Å². The molecular weight excluding hydrogens is 653 g/mol. The van der Waals surface area contributed by atoms with E-state index in [0.717, 1.165) is 47.9 Å². The average molecular weight is 695 g/mol. The number of allylic oxidation sites excluding steroid dienone is 6. The molecule has 6 nitrogen and oxygen atoms in total. The summed E-state index contributed by atoms with van der Waals surface area (Å²) in [5.74, 6) is 8.71. The first-order chi connectivity index (χ1) is 25.6. The number of para-hydroxylation sites is 2. The van der Waals surface area contributed by atoms with Crippen molar-refractivity contribution in [3.05, 3.63) is 155 Å². The topological polar surface area (TPSA) is 72.5 Å². The van der Waals surface area contributed by atoms with Gasteiger partial charge in [0.1, 0.15) is 29.2 Å². The van der Waals surface area contributed by atoms with Crippen LogP contribution in [0.3, 0.4) is 0 Å². The summed E-state index contributed by atoms with van der Waals surface area (Å²) in [7, 11) is 1.75. The van der Waals surface area contributed by atoms with Crippen LogP contribution in [-0.2, 0) is 15.6 Å². The summed E-state index contributed by atoms with van der Waals surface area (Å²) in [6.45, 7) is 10.9. The van der Waals surface area contributed by atoms with Crippen molar-refractivity contribution in [2.75, 3.05) is 30.0 Å². The second-order valence-electron chi connectivity index (χ2n) is 14.8. The Labute approximate surface area is 313 Å². The Balaban J connectivity index is 1.16. The lowest BCUT2D eigenvalue weighted by molar-refractivity contribution is 0.330. The maximum absolute atomic E-state index is 9.75. The third-order valence-electron chi connectivity index (χ3n) is 10.6. The van der Waals surface area contributed by atoms with Gasteiger partial charge in [-0.1, -0.05) is 94.3 Å². The molecule has 0 aliphatic carbocycles. The highest BCUT2D eigenvalue weighted by Gasteiger charge is 2.45. The Morgan fingerprint density at radius 2 is 1.47 bits per heavy atom. The second-order valence-corrected chi connectivity index (χ2v) is 14.8. The molecular formula is C47H42N4O2. The third-order valence-corrected chi connectivity index (χ3v) is 10.6. The number of hydrogen-bond donors (Lipinski definition) is 0. The van der Waals surface area contributed by atoms with Crippen LogP contribution >= 0.6 is 0 Å². The summed E-state index contributed by atoms with van der Waals surface area (Å²) in [4.78, 5) is 4.68. The van der Waals surface area contributed by atoms with Gasteiger partial charge in [-0.15, -0.1) is 0 Å². The van der Waals surface area contributed by atoms with Gasteiger partial charge in [0.05, 0.1) is 7.11 Å². The first kappa shape index (κ1) is 35.0. The number of hydrogen-bond acceptors (Lipinski definition) is 6. The summed E-state index contributed by atoms with van der Waals surface area (Å²) < 4.78 is 12.1. The lowest BCUT2D eigenvalue weighted by Gasteiger charge is -2.50. The smallest absolute Gasteiger partial charge is 0.178 e. The molecule has 0 spiro atoms. The standard InChI is InChI=1S/C47H42N4O2/c1-46(2)26-27-50-32-36(47(3,4)42-24-25-43(52-5)44(46)45(42)50)19-23-41-29-34(35(30-48)31-49)28-40(53-41)22-18-33-16-20-39(21-17-33)51(37-12-8-6-9-13-37)38-14-10-7-11-15-38/h6-18,20-22,24-25,28-29,36H,26-27,32H2,1-5H3. The number of ether oxygens (including phenoxy) is 2. The highest BCUT2D eigenvalue weighted by molar-refractivity contribution is 5.77. The SMILES string of the molecule is COc1ccc2c3c1C(C)(C)CCN3CC(C#CC1=CC(=C(C#N)C#N)C=C(C=Cc3ccc(N(c4ccccc4)c4ccccc4)cc3)O1)C2(C)C. The van der Waals surface area contributed by atoms with E-state index < -0.39 is 0 Å². The van der Waals surface area contributed by atoms with Crippen molar-refractivity contribution < 1.29 is 9.47 Å². The Morgan fingerprint density at radius 3 is 2.09 bits per heavy atom. The lowest BCUT2D eigenvalue weighted by Crippen LogP contribution is -2.49. The molecule has 0 saturated carbocycles. The zero-order valence-electron chi connectivity index (χ0n) is 30.9. The zero-order chi connectivity index (χ0) is 37.2. The van der Waals surface area contributed by atoms with Gasteiger partial charge in [-0.05, 0) is 89.6 Å². The lowest BCUT2D eigenvalue weighted by atomic mass is 9.65. The molecule has 0 radical (unpaired) electrons. The second kappa shape index (κ2) is 14.3. The summed E-state index contributed by atoms with van der Waals surface area (Å²) >= 11 is 0. The van der Waals surface area contributed by atoms with Crippen LogP contribution in [0.15, 0.2) is 138 Å². The Bertz CT molecular complexity index is 2250. The van der Waals surface area contributed by atoms with Gasteiger partial charge in [-0.3, -0.25) is 0 Å². The minimum absolute atomic E-state index is 0.00736. The number of nitriles is 2. The summed E-state index contributed by atoms with van der Waals surface area (Å²) in [6, 6.07) is 37.2. The molecule has 53 heavy (non-hydrogen) atoms. The minimum Gasteiger partial charge on any atom is -0.496 e. The summed E-state index contributed by atoms with van der Waals surface area (Å²) in [5.41, 5.74) is 8.22. The molecule has 3 heterocycles. The summed E-state index contributed by atoms with van der Waals surface area (Å²) in [6.07, 6.45) is 8.25. The van der Waals surface area contributed by atoms with Crippen LogP contribution in [0.4, 0.5) is 22.7 Å². The molecule has 1 unspecified atom stereocenters. The van der Waals surface area contributed by atoms with Gasteiger partial charge < -0.3 is 19.3 Å². The van der Waals surface area contributed by atoms with Gasteiger partial charge in [-0.25, -0.2) is 0 Å². The molecule has 3 aliphatic rings. The fraction of sp³-hybridized carbons (Fsp3) is 0.234. The third kappa shape index (κ3) is 6.83. The van der Waals surface area contributed by atoms with Crippen molar-refractivity contribution in [3.8, 4) is 29.7 Å². The molecule has 3 aliphatic heterocycles. The maximum atomic E-state index is 9.75. The Kier molecular flexibility index (Phi) is 9.45. The zero-order valence-corrected chi connectivity index (χ0v) is 30.9. The van der Waals surface area contributed by atoms with E-state index in [1.54, 1.807) is 19.3 Å². The van der Waals surface area contributed by atoms with E-state index in [9.17, 15) is 10.5 Å². The number of benzene rings is 4. The molecule has 0 aromatic heterocycles. The molecule has 0 bridgehead atoms. The van der Waals surface area contributed by atoms with Gasteiger partial charge in [0.15, 0.2) is 5.76 Å².